The van der Waals surface area contributed by atoms with Crippen LogP contribution in [0.2, 0.25) is 0 Å². The molecule has 0 aliphatic heterocycles. The van der Waals surface area contributed by atoms with E-state index in [0.717, 1.165) is 25.4 Å². The molecular formula is C17H23IN2OS. The highest BCUT2D eigenvalue weighted by Crippen LogP contribution is 2.20. The molecule has 5 heteroatoms. The summed E-state index contributed by atoms with van der Waals surface area (Å²) in [5.41, 5.74) is 0.892. The maximum Gasteiger partial charge on any atom is 0.262 e. The number of benzene rings is 1. The van der Waals surface area contributed by atoms with Gasteiger partial charge < -0.3 is 0 Å². The van der Waals surface area contributed by atoms with Gasteiger partial charge in [-0.3, -0.25) is 9.36 Å². The first-order valence-corrected chi connectivity index (χ1v) is 10.1. The Hall–Kier alpha value is -0.560. The summed E-state index contributed by atoms with van der Waals surface area (Å²) in [5.74, 6) is 1.03. The van der Waals surface area contributed by atoms with Gasteiger partial charge in [-0.1, -0.05) is 44.4 Å². The van der Waals surface area contributed by atoms with Crippen molar-refractivity contribution in [2.24, 2.45) is 0 Å². The molecule has 0 radical (unpaired) electrons. The van der Waals surface area contributed by atoms with E-state index >= 15 is 0 Å². The zero-order valence-electron chi connectivity index (χ0n) is 13.3. The van der Waals surface area contributed by atoms with Gasteiger partial charge in [0.15, 0.2) is 5.16 Å². The lowest BCUT2D eigenvalue weighted by atomic mass is 10.2. The SMILES string of the molecule is CCCCCCCSc1nc2ccc(I)cc2c(=O)n1CC. The van der Waals surface area contributed by atoms with E-state index in [1.165, 1.54) is 32.1 Å². The number of halogens is 1. The third-order valence-corrected chi connectivity index (χ3v) is 5.41. The van der Waals surface area contributed by atoms with Gasteiger partial charge in [0.25, 0.3) is 5.56 Å². The smallest absolute Gasteiger partial charge is 0.262 e. The average Bonchev–Trinajstić information content (AvgIpc) is 2.52. The molecule has 2 aromatic rings. The molecule has 120 valence electrons. The third-order valence-electron chi connectivity index (χ3n) is 3.68. The Labute approximate surface area is 150 Å². The molecule has 0 amide bonds. The summed E-state index contributed by atoms with van der Waals surface area (Å²) in [6.45, 7) is 4.91. The van der Waals surface area contributed by atoms with E-state index in [1.807, 2.05) is 25.1 Å². The second-order valence-electron chi connectivity index (χ2n) is 5.37. The van der Waals surface area contributed by atoms with Gasteiger partial charge in [0.05, 0.1) is 10.9 Å². The second-order valence-corrected chi connectivity index (χ2v) is 7.68. The fraction of sp³-hybridized carbons (Fsp3) is 0.529. The fourth-order valence-electron chi connectivity index (χ4n) is 2.43. The van der Waals surface area contributed by atoms with Crippen LogP contribution in [0.5, 0.6) is 0 Å². The first-order valence-electron chi connectivity index (χ1n) is 8.00. The van der Waals surface area contributed by atoms with Crippen LogP contribution in [0.15, 0.2) is 28.2 Å². The van der Waals surface area contributed by atoms with Crippen LogP contribution in [-0.2, 0) is 6.54 Å². The number of thioether (sulfide) groups is 1. The predicted octanol–water partition coefficient (Wildman–Crippen LogP) is 5.08. The minimum atomic E-state index is 0.0829. The van der Waals surface area contributed by atoms with E-state index in [4.69, 9.17) is 4.98 Å². The van der Waals surface area contributed by atoms with Crippen LogP contribution in [0.1, 0.15) is 46.0 Å². The summed E-state index contributed by atoms with van der Waals surface area (Å²) in [7, 11) is 0. The number of hydrogen-bond donors (Lipinski definition) is 0. The van der Waals surface area contributed by atoms with Gasteiger partial charge in [-0.2, -0.15) is 0 Å². The second kappa shape index (κ2) is 8.91. The minimum Gasteiger partial charge on any atom is -0.287 e. The Morgan fingerprint density at radius 2 is 1.95 bits per heavy atom. The molecule has 0 N–H and O–H groups in total. The summed E-state index contributed by atoms with van der Waals surface area (Å²) in [4.78, 5) is 17.3. The highest BCUT2D eigenvalue weighted by Gasteiger charge is 2.10. The van der Waals surface area contributed by atoms with Gasteiger partial charge >= 0.3 is 0 Å². The summed E-state index contributed by atoms with van der Waals surface area (Å²) in [6, 6.07) is 5.88. The van der Waals surface area contributed by atoms with E-state index in [0.29, 0.717) is 6.54 Å². The van der Waals surface area contributed by atoms with Crippen LogP contribution in [0, 0.1) is 3.57 Å². The van der Waals surface area contributed by atoms with E-state index in [1.54, 1.807) is 16.3 Å². The molecule has 22 heavy (non-hydrogen) atoms. The third kappa shape index (κ3) is 4.47. The maximum atomic E-state index is 12.6. The van der Waals surface area contributed by atoms with E-state index in [9.17, 15) is 4.79 Å². The number of fused-ring (bicyclic) bond motifs is 1. The average molecular weight is 430 g/mol. The lowest BCUT2D eigenvalue weighted by Crippen LogP contribution is -2.22. The Kier molecular flexibility index (Phi) is 7.21. The van der Waals surface area contributed by atoms with Gasteiger partial charge in [0.1, 0.15) is 0 Å². The highest BCUT2D eigenvalue weighted by atomic mass is 127. The van der Waals surface area contributed by atoms with Crippen LogP contribution >= 0.6 is 34.4 Å². The van der Waals surface area contributed by atoms with Crippen molar-refractivity contribution in [3.05, 3.63) is 32.1 Å². The molecule has 0 bridgehead atoms. The first-order chi connectivity index (χ1) is 10.7. The number of nitrogens with zero attached hydrogens (tertiary/aromatic N) is 2. The summed E-state index contributed by atoms with van der Waals surface area (Å²) < 4.78 is 2.87. The first kappa shape index (κ1) is 17.8. The maximum absolute atomic E-state index is 12.6. The van der Waals surface area contributed by atoms with Crippen molar-refractivity contribution >= 4 is 45.3 Å². The highest BCUT2D eigenvalue weighted by molar-refractivity contribution is 14.1. The van der Waals surface area contributed by atoms with E-state index in [-0.39, 0.29) is 5.56 Å². The van der Waals surface area contributed by atoms with Crippen LogP contribution in [0.4, 0.5) is 0 Å². The quantitative estimate of drug-likeness (QED) is 0.254. The number of hydrogen-bond acceptors (Lipinski definition) is 3. The van der Waals surface area contributed by atoms with Gasteiger partial charge in [0.2, 0.25) is 0 Å². The van der Waals surface area contributed by atoms with E-state index in [2.05, 4.69) is 29.5 Å². The van der Waals surface area contributed by atoms with Crippen LogP contribution in [-0.4, -0.2) is 15.3 Å². The van der Waals surface area contributed by atoms with Gasteiger partial charge in [-0.05, 0) is 54.1 Å². The van der Waals surface area contributed by atoms with Crippen molar-refractivity contribution in [2.75, 3.05) is 5.75 Å². The zero-order chi connectivity index (χ0) is 15.9. The number of rotatable bonds is 8. The van der Waals surface area contributed by atoms with Gasteiger partial charge in [0, 0.05) is 15.9 Å². The Balaban J connectivity index is 2.15. The molecule has 0 fully saturated rings. The van der Waals surface area contributed by atoms with Crippen molar-refractivity contribution in [1.82, 2.24) is 9.55 Å². The number of aromatic nitrogens is 2. The van der Waals surface area contributed by atoms with Crippen molar-refractivity contribution < 1.29 is 0 Å². The predicted molar refractivity (Wildman–Crippen MR) is 104 cm³/mol. The standard InChI is InChI=1S/C17H23IN2OS/c1-3-5-6-7-8-11-22-17-19-15-10-9-13(18)12-14(15)16(21)20(17)4-2/h9-10,12H,3-8,11H2,1-2H3. The molecule has 0 saturated carbocycles. The Bertz CT molecular complexity index is 684. The molecule has 1 aromatic heterocycles. The molecule has 0 aliphatic carbocycles. The van der Waals surface area contributed by atoms with Crippen molar-refractivity contribution in [3.8, 4) is 0 Å². The Morgan fingerprint density at radius 3 is 2.68 bits per heavy atom. The largest absolute Gasteiger partial charge is 0.287 e. The molecule has 2 rings (SSSR count). The van der Waals surface area contributed by atoms with Gasteiger partial charge in [-0.25, -0.2) is 4.98 Å². The lowest BCUT2D eigenvalue weighted by molar-refractivity contribution is 0.631. The molecule has 0 aliphatic rings. The molecule has 0 unspecified atom stereocenters. The summed E-state index contributed by atoms with van der Waals surface area (Å²) in [6.07, 6.45) is 6.35. The molecule has 1 heterocycles. The molecule has 0 saturated heterocycles. The van der Waals surface area contributed by atoms with Crippen molar-refractivity contribution in [1.29, 1.82) is 0 Å². The molecule has 0 atom stereocenters. The minimum absolute atomic E-state index is 0.0829. The van der Waals surface area contributed by atoms with Crippen molar-refractivity contribution in [2.45, 2.75) is 57.7 Å². The van der Waals surface area contributed by atoms with Crippen LogP contribution in [0.25, 0.3) is 10.9 Å². The fourth-order valence-corrected chi connectivity index (χ4v) is 3.98. The number of unbranched alkanes of at least 4 members (excludes halogenated alkanes) is 4. The summed E-state index contributed by atoms with van der Waals surface area (Å²) >= 11 is 3.95. The zero-order valence-corrected chi connectivity index (χ0v) is 16.2. The van der Waals surface area contributed by atoms with E-state index < -0.39 is 0 Å². The molecule has 3 nitrogen and oxygen atoms in total. The van der Waals surface area contributed by atoms with Gasteiger partial charge in [-0.15, -0.1) is 0 Å². The molecule has 1 aromatic carbocycles. The lowest BCUT2D eigenvalue weighted by Gasteiger charge is -2.11. The summed E-state index contributed by atoms with van der Waals surface area (Å²) in [5, 5.41) is 1.58. The topological polar surface area (TPSA) is 34.9 Å². The van der Waals surface area contributed by atoms with Crippen molar-refractivity contribution in [3.63, 3.8) is 0 Å². The van der Waals surface area contributed by atoms with Crippen LogP contribution < -0.4 is 5.56 Å². The molecule has 0 spiro atoms. The Morgan fingerprint density at radius 1 is 1.18 bits per heavy atom. The van der Waals surface area contributed by atoms with Crippen LogP contribution in [0.3, 0.4) is 0 Å². The normalized spacial score (nSPS) is 11.2. The molecular weight excluding hydrogens is 407 g/mol. The monoisotopic (exact) mass is 430 g/mol.